The van der Waals surface area contributed by atoms with E-state index in [1.165, 1.54) is 6.92 Å². The Morgan fingerprint density at radius 3 is 1.90 bits per heavy atom. The minimum absolute atomic E-state index is 0.380. The van der Waals surface area contributed by atoms with Crippen molar-refractivity contribution in [3.8, 4) is 0 Å². The number of hydrogen-bond donors (Lipinski definition) is 0. The molecule has 58 valence electrons. The highest BCUT2D eigenvalue weighted by molar-refractivity contribution is 5.91. The van der Waals surface area contributed by atoms with Crippen molar-refractivity contribution in [3.05, 3.63) is 0 Å². The second-order valence-electron chi connectivity index (χ2n) is 2.89. The van der Waals surface area contributed by atoms with Gasteiger partial charge in [-0.05, 0) is 12.8 Å². The lowest BCUT2D eigenvalue weighted by Crippen LogP contribution is -2.29. The summed E-state index contributed by atoms with van der Waals surface area (Å²) in [6.07, 6.45) is -3.87. The average molecular weight is 152 g/mol. The molecule has 0 aromatic heterocycles. The fraction of sp³-hybridized carbons (Fsp3) is 0.833. The topological polar surface area (TPSA) is 17.1 Å². The van der Waals surface area contributed by atoms with Crippen molar-refractivity contribution < 1.29 is 18.0 Å². The predicted octanol–water partition coefficient (Wildman–Crippen LogP) is 1.92. The van der Waals surface area contributed by atoms with Gasteiger partial charge in [-0.15, -0.1) is 0 Å². The van der Waals surface area contributed by atoms with Crippen LogP contribution >= 0.6 is 0 Å². The largest absolute Gasteiger partial charge is 0.450 e. The number of halogens is 3. The molecule has 0 N–H and O–H groups in total. The van der Waals surface area contributed by atoms with Crippen molar-refractivity contribution in [2.24, 2.45) is 5.41 Å². The first-order valence-corrected chi connectivity index (χ1v) is 2.98. The molecule has 10 heavy (non-hydrogen) atoms. The van der Waals surface area contributed by atoms with E-state index in [2.05, 4.69) is 0 Å². The summed E-state index contributed by atoms with van der Waals surface area (Å²) in [7, 11) is 0. The smallest absolute Gasteiger partial charge is 0.289 e. The quantitative estimate of drug-likeness (QED) is 0.561. The highest BCUT2D eigenvalue weighted by Crippen LogP contribution is 2.49. The number of carbonyl (C=O) groups is 1. The molecule has 1 aliphatic carbocycles. The summed E-state index contributed by atoms with van der Waals surface area (Å²) >= 11 is 0. The lowest BCUT2D eigenvalue weighted by molar-refractivity contribution is -0.176. The summed E-state index contributed by atoms with van der Waals surface area (Å²) in [5.41, 5.74) is -1.07. The van der Waals surface area contributed by atoms with Gasteiger partial charge in [-0.25, -0.2) is 0 Å². The van der Waals surface area contributed by atoms with Crippen molar-refractivity contribution in [2.75, 3.05) is 0 Å². The molecule has 1 saturated carbocycles. The first-order valence-electron chi connectivity index (χ1n) is 2.98. The Balaban J connectivity index is 2.67. The molecular formula is C6H7F3O. The van der Waals surface area contributed by atoms with Gasteiger partial charge in [0, 0.05) is 5.41 Å². The highest BCUT2D eigenvalue weighted by Gasteiger charge is 2.56. The van der Waals surface area contributed by atoms with Crippen molar-refractivity contribution in [2.45, 2.75) is 25.9 Å². The third-order valence-corrected chi connectivity index (χ3v) is 1.81. The van der Waals surface area contributed by atoms with Crippen LogP contribution in [0.15, 0.2) is 0 Å². The van der Waals surface area contributed by atoms with Gasteiger partial charge < -0.3 is 0 Å². The molecule has 0 saturated heterocycles. The zero-order chi connectivity index (χ0) is 7.99. The van der Waals surface area contributed by atoms with E-state index in [4.69, 9.17) is 0 Å². The highest BCUT2D eigenvalue weighted by atomic mass is 19.4. The van der Waals surface area contributed by atoms with E-state index in [1.807, 2.05) is 0 Å². The first-order chi connectivity index (χ1) is 4.36. The van der Waals surface area contributed by atoms with Gasteiger partial charge in [0.15, 0.2) is 0 Å². The Labute approximate surface area is 56.2 Å². The summed E-state index contributed by atoms with van der Waals surface area (Å²) in [5, 5.41) is 0. The second kappa shape index (κ2) is 1.74. The lowest BCUT2D eigenvalue weighted by Gasteiger charge is -2.08. The third kappa shape index (κ3) is 1.15. The molecule has 1 rings (SSSR count). The zero-order valence-electron chi connectivity index (χ0n) is 5.46. The van der Waals surface area contributed by atoms with Crippen LogP contribution in [0.1, 0.15) is 19.8 Å². The van der Waals surface area contributed by atoms with Gasteiger partial charge >= 0.3 is 6.18 Å². The molecule has 0 unspecified atom stereocenters. The first kappa shape index (κ1) is 7.57. The Bertz CT molecular complexity index is 159. The van der Waals surface area contributed by atoms with E-state index in [1.54, 1.807) is 0 Å². The second-order valence-corrected chi connectivity index (χ2v) is 2.89. The molecule has 0 bridgehead atoms. The Kier molecular flexibility index (Phi) is 1.31. The van der Waals surface area contributed by atoms with Gasteiger partial charge in [0.05, 0.1) is 0 Å². The molecule has 0 aromatic carbocycles. The predicted molar refractivity (Wildman–Crippen MR) is 28.4 cm³/mol. The molecule has 0 atom stereocenters. The van der Waals surface area contributed by atoms with Gasteiger partial charge in [0.2, 0.25) is 5.78 Å². The van der Waals surface area contributed by atoms with E-state index < -0.39 is 17.4 Å². The van der Waals surface area contributed by atoms with Gasteiger partial charge in [0.1, 0.15) is 0 Å². The molecule has 0 radical (unpaired) electrons. The van der Waals surface area contributed by atoms with Crippen molar-refractivity contribution in [3.63, 3.8) is 0 Å². The molecule has 4 heteroatoms. The zero-order valence-corrected chi connectivity index (χ0v) is 5.46. The van der Waals surface area contributed by atoms with Gasteiger partial charge in [-0.2, -0.15) is 13.2 Å². The minimum Gasteiger partial charge on any atom is -0.289 e. The van der Waals surface area contributed by atoms with Crippen molar-refractivity contribution >= 4 is 5.78 Å². The average Bonchev–Trinajstić information content (AvgIpc) is 2.45. The van der Waals surface area contributed by atoms with Crippen molar-refractivity contribution in [1.82, 2.24) is 0 Å². The number of ketones is 1. The number of Topliss-reactive ketones (excluding diaryl/α,β-unsaturated/α-hetero) is 1. The van der Waals surface area contributed by atoms with Crippen LogP contribution in [0.4, 0.5) is 13.2 Å². The number of hydrogen-bond acceptors (Lipinski definition) is 1. The van der Waals surface area contributed by atoms with Crippen LogP contribution in [0.25, 0.3) is 0 Å². The molecule has 1 aliphatic rings. The van der Waals surface area contributed by atoms with Crippen molar-refractivity contribution in [1.29, 1.82) is 0 Å². The fourth-order valence-electron chi connectivity index (χ4n) is 0.757. The summed E-state index contributed by atoms with van der Waals surface area (Å²) < 4.78 is 34.9. The van der Waals surface area contributed by atoms with Gasteiger partial charge in [-0.1, -0.05) is 6.92 Å². The van der Waals surface area contributed by atoms with Gasteiger partial charge in [-0.3, -0.25) is 4.79 Å². The van der Waals surface area contributed by atoms with E-state index >= 15 is 0 Å². The molecule has 0 aliphatic heterocycles. The Morgan fingerprint density at radius 1 is 1.40 bits per heavy atom. The Hall–Kier alpha value is -0.540. The summed E-state index contributed by atoms with van der Waals surface area (Å²) in [6.45, 7) is 1.35. The van der Waals surface area contributed by atoms with Crippen LogP contribution in [0.2, 0.25) is 0 Å². The van der Waals surface area contributed by atoms with E-state index in [9.17, 15) is 18.0 Å². The van der Waals surface area contributed by atoms with Crippen LogP contribution in [0.3, 0.4) is 0 Å². The monoisotopic (exact) mass is 152 g/mol. The van der Waals surface area contributed by atoms with E-state index in [0.717, 1.165) is 0 Å². The molecule has 0 amide bonds. The maximum atomic E-state index is 11.6. The molecule has 0 heterocycles. The lowest BCUT2D eigenvalue weighted by atomic mass is 10.0. The molecule has 0 aromatic rings. The van der Waals surface area contributed by atoms with Gasteiger partial charge in [0.25, 0.3) is 0 Å². The van der Waals surface area contributed by atoms with Crippen LogP contribution in [-0.4, -0.2) is 12.0 Å². The molecule has 0 spiro atoms. The summed E-state index contributed by atoms with van der Waals surface area (Å²) in [5.74, 6) is -1.57. The van der Waals surface area contributed by atoms with Crippen LogP contribution in [0, 0.1) is 5.41 Å². The number of rotatable bonds is 1. The maximum absolute atomic E-state index is 11.6. The minimum atomic E-state index is -4.63. The van der Waals surface area contributed by atoms with Crippen LogP contribution in [-0.2, 0) is 4.79 Å². The Morgan fingerprint density at radius 2 is 1.80 bits per heavy atom. The molecule has 1 fully saturated rings. The van der Waals surface area contributed by atoms with E-state index in [0.29, 0.717) is 12.8 Å². The fourth-order valence-corrected chi connectivity index (χ4v) is 0.757. The maximum Gasteiger partial charge on any atom is 0.450 e. The van der Waals surface area contributed by atoms with E-state index in [-0.39, 0.29) is 0 Å². The summed E-state index contributed by atoms with van der Waals surface area (Å²) in [6, 6.07) is 0. The number of alkyl halides is 3. The summed E-state index contributed by atoms with van der Waals surface area (Å²) in [4.78, 5) is 10.4. The molecular weight excluding hydrogens is 145 g/mol. The standard InChI is InChI=1S/C6H7F3O/c1-5(2-3-5)4(10)6(7,8)9/h2-3H2,1H3. The third-order valence-electron chi connectivity index (χ3n) is 1.81. The number of carbonyl (C=O) groups excluding carboxylic acids is 1. The van der Waals surface area contributed by atoms with Crippen LogP contribution in [0.5, 0.6) is 0 Å². The van der Waals surface area contributed by atoms with Crippen LogP contribution < -0.4 is 0 Å². The molecule has 1 nitrogen and oxygen atoms in total. The SMILES string of the molecule is CC1(C(=O)C(F)(F)F)CC1. The normalized spacial score (nSPS) is 22.4.